The molecule has 0 amide bonds. The van der Waals surface area contributed by atoms with Crippen molar-refractivity contribution in [1.29, 1.82) is 0 Å². The average molecular weight is 202 g/mol. The van der Waals surface area contributed by atoms with Crippen molar-refractivity contribution in [3.05, 3.63) is 35.9 Å². The number of piperidine rings is 1. The lowest BCUT2D eigenvalue weighted by Crippen LogP contribution is -2.41. The van der Waals surface area contributed by atoms with Crippen molar-refractivity contribution in [2.45, 2.75) is 24.9 Å². The second-order valence-electron chi connectivity index (χ2n) is 5.10. The highest BCUT2D eigenvalue weighted by Crippen LogP contribution is 2.47. The van der Waals surface area contributed by atoms with Gasteiger partial charge in [-0.3, -0.25) is 4.90 Å². The van der Waals surface area contributed by atoms with Crippen molar-refractivity contribution < 1.29 is 0 Å². The first kappa shape index (κ1) is 9.37. The van der Waals surface area contributed by atoms with Crippen LogP contribution < -0.4 is 5.73 Å². The van der Waals surface area contributed by atoms with E-state index in [0.717, 1.165) is 12.5 Å². The van der Waals surface area contributed by atoms with Crippen molar-refractivity contribution >= 4 is 0 Å². The molecule has 1 aliphatic heterocycles. The minimum atomic E-state index is 0.229. The normalized spacial score (nSPS) is 34.9. The van der Waals surface area contributed by atoms with Crippen LogP contribution in [0.4, 0.5) is 0 Å². The van der Waals surface area contributed by atoms with Crippen molar-refractivity contribution in [1.82, 2.24) is 4.90 Å². The van der Waals surface area contributed by atoms with Crippen LogP contribution in [0, 0.1) is 5.92 Å². The zero-order chi connectivity index (χ0) is 10.3. The highest BCUT2D eigenvalue weighted by atomic mass is 15.2. The van der Waals surface area contributed by atoms with Crippen molar-refractivity contribution in [2.75, 3.05) is 13.1 Å². The molecule has 3 rings (SSSR count). The van der Waals surface area contributed by atoms with E-state index in [1.807, 2.05) is 0 Å². The van der Waals surface area contributed by atoms with E-state index in [0.29, 0.717) is 0 Å². The molecule has 2 aliphatic rings. The molecule has 0 spiro atoms. The Labute approximate surface area is 91.1 Å². The summed E-state index contributed by atoms with van der Waals surface area (Å²) in [4.78, 5) is 2.54. The van der Waals surface area contributed by atoms with Gasteiger partial charge < -0.3 is 5.73 Å². The van der Waals surface area contributed by atoms with E-state index in [1.54, 1.807) is 0 Å². The van der Waals surface area contributed by atoms with Gasteiger partial charge in [0.2, 0.25) is 0 Å². The Hall–Kier alpha value is -0.860. The number of rotatable bonds is 2. The molecule has 2 atom stereocenters. The molecule has 1 aromatic carbocycles. The van der Waals surface area contributed by atoms with Crippen LogP contribution in [-0.2, 0) is 6.54 Å². The largest absolute Gasteiger partial charge is 0.325 e. The van der Waals surface area contributed by atoms with E-state index in [4.69, 9.17) is 5.73 Å². The van der Waals surface area contributed by atoms with E-state index < -0.39 is 0 Å². The van der Waals surface area contributed by atoms with Gasteiger partial charge in [-0.1, -0.05) is 30.3 Å². The van der Waals surface area contributed by atoms with Crippen LogP contribution in [0.2, 0.25) is 0 Å². The van der Waals surface area contributed by atoms with Crippen LogP contribution in [0.1, 0.15) is 18.4 Å². The monoisotopic (exact) mass is 202 g/mol. The average Bonchev–Trinajstić information content (AvgIpc) is 2.91. The van der Waals surface area contributed by atoms with Crippen LogP contribution in [0.3, 0.4) is 0 Å². The van der Waals surface area contributed by atoms with E-state index in [9.17, 15) is 0 Å². The Bertz CT molecular complexity index is 349. The fourth-order valence-electron chi connectivity index (χ4n) is 2.71. The zero-order valence-electron chi connectivity index (χ0n) is 9.02. The fraction of sp³-hybridized carbons (Fsp3) is 0.538. The summed E-state index contributed by atoms with van der Waals surface area (Å²) < 4.78 is 0. The third-order valence-electron chi connectivity index (χ3n) is 3.90. The lowest BCUT2D eigenvalue weighted by molar-refractivity contribution is 0.200. The molecule has 0 bridgehead atoms. The minimum absolute atomic E-state index is 0.229. The Morgan fingerprint density at radius 2 is 2.13 bits per heavy atom. The first-order chi connectivity index (χ1) is 7.26. The molecule has 15 heavy (non-hydrogen) atoms. The summed E-state index contributed by atoms with van der Waals surface area (Å²) in [5.74, 6) is 0.773. The molecule has 2 heteroatoms. The molecule has 2 nitrogen and oxygen atoms in total. The molecule has 2 N–H and O–H groups in total. The predicted molar refractivity (Wildman–Crippen MR) is 61.4 cm³/mol. The van der Waals surface area contributed by atoms with Crippen molar-refractivity contribution in [2.24, 2.45) is 11.7 Å². The number of nitrogens with two attached hydrogens (primary N) is 1. The first-order valence-corrected chi connectivity index (χ1v) is 5.81. The molecular formula is C13H18N2. The molecule has 1 saturated heterocycles. The van der Waals surface area contributed by atoms with Gasteiger partial charge in [0.15, 0.2) is 0 Å². The second-order valence-corrected chi connectivity index (χ2v) is 5.10. The quantitative estimate of drug-likeness (QED) is 0.789. The maximum Gasteiger partial charge on any atom is 0.0233 e. The highest BCUT2D eigenvalue weighted by Gasteiger charge is 2.53. The van der Waals surface area contributed by atoms with Gasteiger partial charge in [0.05, 0.1) is 0 Å². The smallest absolute Gasteiger partial charge is 0.0233 e. The van der Waals surface area contributed by atoms with Crippen LogP contribution in [0.25, 0.3) is 0 Å². The molecular weight excluding hydrogens is 184 g/mol. The third-order valence-corrected chi connectivity index (χ3v) is 3.90. The molecule has 1 aliphatic carbocycles. The number of hydrogen-bond donors (Lipinski definition) is 1. The zero-order valence-corrected chi connectivity index (χ0v) is 9.02. The number of nitrogens with zero attached hydrogens (tertiary/aromatic N) is 1. The van der Waals surface area contributed by atoms with E-state index in [-0.39, 0.29) is 5.54 Å². The maximum absolute atomic E-state index is 6.18. The van der Waals surface area contributed by atoms with Gasteiger partial charge in [-0.25, -0.2) is 0 Å². The number of benzene rings is 1. The molecule has 0 unspecified atom stereocenters. The van der Waals surface area contributed by atoms with Gasteiger partial charge in [-0.05, 0) is 24.3 Å². The van der Waals surface area contributed by atoms with Crippen LogP contribution in [0.15, 0.2) is 30.3 Å². The van der Waals surface area contributed by atoms with Crippen LogP contribution >= 0.6 is 0 Å². The Morgan fingerprint density at radius 3 is 2.87 bits per heavy atom. The third kappa shape index (κ3) is 1.80. The minimum Gasteiger partial charge on any atom is -0.325 e. The molecule has 1 heterocycles. The van der Waals surface area contributed by atoms with Crippen molar-refractivity contribution in [3.8, 4) is 0 Å². The topological polar surface area (TPSA) is 29.3 Å². The summed E-state index contributed by atoms with van der Waals surface area (Å²) in [7, 11) is 0. The molecule has 1 aromatic rings. The van der Waals surface area contributed by atoms with E-state index in [1.165, 1.54) is 31.5 Å². The summed E-state index contributed by atoms with van der Waals surface area (Å²) in [6, 6.07) is 10.7. The molecule has 2 fully saturated rings. The van der Waals surface area contributed by atoms with Gasteiger partial charge in [0.1, 0.15) is 0 Å². The summed E-state index contributed by atoms with van der Waals surface area (Å²) in [6.07, 6.45) is 2.43. The summed E-state index contributed by atoms with van der Waals surface area (Å²) in [5, 5.41) is 0. The SMILES string of the molecule is N[C@]12CCN(Cc3ccccc3)C[C@H]1C2. The highest BCUT2D eigenvalue weighted by molar-refractivity contribution is 5.16. The van der Waals surface area contributed by atoms with Crippen molar-refractivity contribution in [3.63, 3.8) is 0 Å². The van der Waals surface area contributed by atoms with E-state index >= 15 is 0 Å². The second kappa shape index (κ2) is 3.32. The Morgan fingerprint density at radius 1 is 1.33 bits per heavy atom. The van der Waals surface area contributed by atoms with Gasteiger partial charge >= 0.3 is 0 Å². The number of hydrogen-bond acceptors (Lipinski definition) is 2. The maximum atomic E-state index is 6.18. The first-order valence-electron chi connectivity index (χ1n) is 5.81. The van der Waals surface area contributed by atoms with Gasteiger partial charge in [0.25, 0.3) is 0 Å². The Kier molecular flexibility index (Phi) is 2.08. The van der Waals surface area contributed by atoms with Crippen LogP contribution in [-0.4, -0.2) is 23.5 Å². The van der Waals surface area contributed by atoms with Gasteiger partial charge in [-0.15, -0.1) is 0 Å². The molecule has 0 radical (unpaired) electrons. The van der Waals surface area contributed by atoms with E-state index in [2.05, 4.69) is 35.2 Å². The summed E-state index contributed by atoms with van der Waals surface area (Å²) in [6.45, 7) is 3.46. The van der Waals surface area contributed by atoms with Gasteiger partial charge in [0, 0.05) is 25.2 Å². The Balaban J connectivity index is 1.61. The lowest BCUT2D eigenvalue weighted by atomic mass is 10.1. The van der Waals surface area contributed by atoms with Crippen LogP contribution in [0.5, 0.6) is 0 Å². The lowest BCUT2D eigenvalue weighted by Gasteiger charge is -2.29. The van der Waals surface area contributed by atoms with Gasteiger partial charge in [-0.2, -0.15) is 0 Å². The predicted octanol–water partition coefficient (Wildman–Crippen LogP) is 1.61. The fourth-order valence-corrected chi connectivity index (χ4v) is 2.71. The molecule has 0 aromatic heterocycles. The summed E-state index contributed by atoms with van der Waals surface area (Å²) >= 11 is 0. The summed E-state index contributed by atoms with van der Waals surface area (Å²) in [5.41, 5.74) is 7.83. The standard InChI is InChI=1S/C13H18N2/c14-13-6-7-15(10-12(13)8-13)9-11-4-2-1-3-5-11/h1-5,12H,6-10,14H2/t12-,13+/m1/s1. The number of likely N-dealkylation sites (tertiary alicyclic amines) is 1. The molecule has 80 valence electrons. The number of fused-ring (bicyclic) bond motifs is 1. The molecule has 1 saturated carbocycles.